The molecular weight excluding hydrogens is 248 g/mol. The molecule has 2 rings (SSSR count). The molecule has 0 saturated carbocycles. The standard InChI is InChI=1S/C12H14N4O3/c1-18-9-4-3-8(7-10(9)19-2)14-12(17)15-11-5-6-13-16-11/h3-7H,1-2H3,(H3,13,14,15,16,17). The van der Waals surface area contributed by atoms with Crippen molar-refractivity contribution in [1.82, 2.24) is 10.2 Å². The predicted molar refractivity (Wildman–Crippen MR) is 70.8 cm³/mol. The van der Waals surface area contributed by atoms with Gasteiger partial charge >= 0.3 is 6.03 Å². The van der Waals surface area contributed by atoms with Gasteiger partial charge in [-0.15, -0.1) is 0 Å². The minimum Gasteiger partial charge on any atom is -0.493 e. The molecule has 3 N–H and O–H groups in total. The van der Waals surface area contributed by atoms with Crippen LogP contribution in [0.4, 0.5) is 16.3 Å². The van der Waals surface area contributed by atoms with E-state index in [4.69, 9.17) is 9.47 Å². The number of rotatable bonds is 4. The van der Waals surface area contributed by atoms with Crippen molar-refractivity contribution < 1.29 is 14.3 Å². The average Bonchev–Trinajstić information content (AvgIpc) is 2.91. The number of anilines is 2. The molecule has 7 heteroatoms. The molecule has 1 aromatic heterocycles. The van der Waals surface area contributed by atoms with Gasteiger partial charge in [0.15, 0.2) is 11.5 Å². The van der Waals surface area contributed by atoms with Gasteiger partial charge in [0, 0.05) is 17.8 Å². The van der Waals surface area contributed by atoms with E-state index in [9.17, 15) is 4.79 Å². The molecule has 0 aliphatic carbocycles. The van der Waals surface area contributed by atoms with Crippen molar-refractivity contribution in [2.45, 2.75) is 0 Å². The molecular formula is C12H14N4O3. The Balaban J connectivity index is 2.04. The number of nitrogens with one attached hydrogen (secondary N) is 3. The largest absolute Gasteiger partial charge is 0.493 e. The van der Waals surface area contributed by atoms with Crippen LogP contribution in [0.5, 0.6) is 11.5 Å². The second-order valence-electron chi connectivity index (χ2n) is 3.62. The summed E-state index contributed by atoms with van der Waals surface area (Å²) in [5.74, 6) is 1.65. The Labute approximate surface area is 109 Å². The number of hydrogen-bond donors (Lipinski definition) is 3. The van der Waals surface area contributed by atoms with E-state index in [0.29, 0.717) is 23.0 Å². The van der Waals surface area contributed by atoms with Crippen LogP contribution in [0.1, 0.15) is 0 Å². The Morgan fingerprint density at radius 3 is 2.58 bits per heavy atom. The summed E-state index contributed by atoms with van der Waals surface area (Å²) in [5.41, 5.74) is 0.592. The number of amides is 2. The topological polar surface area (TPSA) is 88.3 Å². The molecule has 0 aliphatic rings. The molecule has 0 unspecified atom stereocenters. The van der Waals surface area contributed by atoms with Gasteiger partial charge in [0.2, 0.25) is 0 Å². The molecule has 100 valence electrons. The molecule has 0 atom stereocenters. The van der Waals surface area contributed by atoms with E-state index in [2.05, 4.69) is 20.8 Å². The summed E-state index contributed by atoms with van der Waals surface area (Å²) in [7, 11) is 3.09. The van der Waals surface area contributed by atoms with E-state index in [0.717, 1.165) is 0 Å². The van der Waals surface area contributed by atoms with Crippen LogP contribution in [0, 0.1) is 0 Å². The SMILES string of the molecule is COc1ccc(NC(=O)Nc2ccn[nH]2)cc1OC. The van der Waals surface area contributed by atoms with Crippen LogP contribution < -0.4 is 20.1 Å². The van der Waals surface area contributed by atoms with Gasteiger partial charge in [-0.05, 0) is 12.1 Å². The summed E-state index contributed by atoms with van der Waals surface area (Å²) in [6, 6.07) is 6.37. The Hall–Kier alpha value is -2.70. The molecule has 1 heterocycles. The first-order chi connectivity index (χ1) is 9.22. The molecule has 2 amide bonds. The van der Waals surface area contributed by atoms with Gasteiger partial charge in [0.1, 0.15) is 5.82 Å². The number of hydrogen-bond acceptors (Lipinski definition) is 4. The number of ether oxygens (including phenoxy) is 2. The van der Waals surface area contributed by atoms with Gasteiger partial charge in [0.25, 0.3) is 0 Å². The summed E-state index contributed by atoms with van der Waals surface area (Å²) in [5, 5.41) is 11.6. The predicted octanol–water partition coefficient (Wildman–Crippen LogP) is 2.07. The smallest absolute Gasteiger partial charge is 0.324 e. The zero-order valence-electron chi connectivity index (χ0n) is 10.6. The van der Waals surface area contributed by atoms with Crippen LogP contribution in [-0.4, -0.2) is 30.4 Å². The highest BCUT2D eigenvalue weighted by atomic mass is 16.5. The first-order valence-corrected chi connectivity index (χ1v) is 5.52. The molecule has 7 nitrogen and oxygen atoms in total. The van der Waals surface area contributed by atoms with Crippen molar-refractivity contribution >= 4 is 17.5 Å². The fourth-order valence-electron chi connectivity index (χ4n) is 1.52. The number of benzene rings is 1. The number of aromatic nitrogens is 2. The fraction of sp³-hybridized carbons (Fsp3) is 0.167. The number of aromatic amines is 1. The Morgan fingerprint density at radius 2 is 1.95 bits per heavy atom. The quantitative estimate of drug-likeness (QED) is 0.787. The minimum absolute atomic E-state index is 0.378. The fourth-order valence-corrected chi connectivity index (χ4v) is 1.52. The number of urea groups is 1. The van der Waals surface area contributed by atoms with Crippen molar-refractivity contribution in [1.29, 1.82) is 0 Å². The maximum atomic E-state index is 11.7. The normalized spacial score (nSPS) is 9.79. The lowest BCUT2D eigenvalue weighted by Gasteiger charge is -2.10. The molecule has 1 aromatic carbocycles. The monoisotopic (exact) mass is 262 g/mol. The van der Waals surface area contributed by atoms with E-state index in [1.807, 2.05) is 0 Å². The summed E-state index contributed by atoms with van der Waals surface area (Å²) < 4.78 is 10.3. The van der Waals surface area contributed by atoms with Crippen LogP contribution in [0.25, 0.3) is 0 Å². The summed E-state index contributed by atoms with van der Waals surface area (Å²) in [6.07, 6.45) is 1.55. The molecule has 0 fully saturated rings. The molecule has 0 saturated heterocycles. The third kappa shape index (κ3) is 3.15. The molecule has 0 spiro atoms. The number of H-pyrrole nitrogens is 1. The molecule has 0 radical (unpaired) electrons. The van der Waals surface area contributed by atoms with Crippen LogP contribution in [0.2, 0.25) is 0 Å². The van der Waals surface area contributed by atoms with Crippen molar-refractivity contribution in [2.75, 3.05) is 24.9 Å². The Kier molecular flexibility index (Phi) is 3.87. The van der Waals surface area contributed by atoms with Crippen molar-refractivity contribution in [3.05, 3.63) is 30.5 Å². The number of carbonyl (C=O) groups excluding carboxylic acids is 1. The zero-order chi connectivity index (χ0) is 13.7. The van der Waals surface area contributed by atoms with Gasteiger partial charge in [0.05, 0.1) is 20.4 Å². The van der Waals surface area contributed by atoms with Gasteiger partial charge in [-0.2, -0.15) is 5.10 Å². The van der Waals surface area contributed by atoms with E-state index >= 15 is 0 Å². The lowest BCUT2D eigenvalue weighted by atomic mass is 10.3. The van der Waals surface area contributed by atoms with Crippen molar-refractivity contribution in [3.8, 4) is 11.5 Å². The van der Waals surface area contributed by atoms with Gasteiger partial charge < -0.3 is 14.8 Å². The van der Waals surface area contributed by atoms with E-state index in [-0.39, 0.29) is 6.03 Å². The second-order valence-corrected chi connectivity index (χ2v) is 3.62. The molecule has 0 bridgehead atoms. The summed E-state index contributed by atoms with van der Waals surface area (Å²) >= 11 is 0. The number of carbonyl (C=O) groups is 1. The third-order valence-electron chi connectivity index (χ3n) is 2.39. The van der Waals surface area contributed by atoms with E-state index in [1.54, 1.807) is 37.6 Å². The lowest BCUT2D eigenvalue weighted by molar-refractivity contribution is 0.262. The van der Waals surface area contributed by atoms with Gasteiger partial charge in [-0.25, -0.2) is 4.79 Å². The second kappa shape index (κ2) is 5.76. The average molecular weight is 262 g/mol. The highest BCUT2D eigenvalue weighted by molar-refractivity contribution is 5.99. The molecule has 19 heavy (non-hydrogen) atoms. The van der Waals surface area contributed by atoms with Gasteiger partial charge in [-0.3, -0.25) is 10.4 Å². The lowest BCUT2D eigenvalue weighted by Crippen LogP contribution is -2.19. The van der Waals surface area contributed by atoms with E-state index in [1.165, 1.54) is 7.11 Å². The van der Waals surface area contributed by atoms with Crippen LogP contribution in [0.3, 0.4) is 0 Å². The third-order valence-corrected chi connectivity index (χ3v) is 2.39. The maximum Gasteiger partial charge on any atom is 0.324 e. The number of nitrogens with zero attached hydrogens (tertiary/aromatic N) is 1. The molecule has 0 aliphatic heterocycles. The van der Waals surface area contributed by atoms with Gasteiger partial charge in [-0.1, -0.05) is 0 Å². The maximum absolute atomic E-state index is 11.7. The number of methoxy groups -OCH3 is 2. The highest BCUT2D eigenvalue weighted by Gasteiger charge is 2.07. The Morgan fingerprint density at radius 1 is 1.16 bits per heavy atom. The van der Waals surface area contributed by atoms with E-state index < -0.39 is 0 Å². The minimum atomic E-state index is -0.378. The first kappa shape index (κ1) is 12.7. The first-order valence-electron chi connectivity index (χ1n) is 5.52. The zero-order valence-corrected chi connectivity index (χ0v) is 10.6. The summed E-state index contributed by atoms with van der Waals surface area (Å²) in [6.45, 7) is 0. The van der Waals surface area contributed by atoms with Crippen molar-refractivity contribution in [2.24, 2.45) is 0 Å². The van der Waals surface area contributed by atoms with Crippen LogP contribution >= 0.6 is 0 Å². The Bertz CT molecular complexity index is 554. The van der Waals surface area contributed by atoms with Crippen LogP contribution in [0.15, 0.2) is 30.5 Å². The van der Waals surface area contributed by atoms with Crippen LogP contribution in [-0.2, 0) is 0 Å². The highest BCUT2D eigenvalue weighted by Crippen LogP contribution is 2.29. The summed E-state index contributed by atoms with van der Waals surface area (Å²) in [4.78, 5) is 11.7. The van der Waals surface area contributed by atoms with Crippen molar-refractivity contribution in [3.63, 3.8) is 0 Å². The molecule has 2 aromatic rings.